The second-order valence-electron chi connectivity index (χ2n) is 3.00. The fourth-order valence-electron chi connectivity index (χ4n) is 1.05. The zero-order valence-electron chi connectivity index (χ0n) is 9.27. The minimum Gasteiger partial charge on any atom is -0.354 e. The average molecular weight is 242 g/mol. The molecule has 1 rings (SSSR count). The molecule has 0 amide bonds. The highest BCUT2D eigenvalue weighted by Crippen LogP contribution is 2.26. The second-order valence-corrected chi connectivity index (χ2v) is 4.25. The molecule has 6 nitrogen and oxygen atoms in total. The average Bonchev–Trinajstić information content (AvgIpc) is 2.26. The molecule has 7 heteroatoms. The van der Waals surface area contributed by atoms with Crippen LogP contribution < -0.4 is 5.32 Å². The smallest absolute Gasteiger partial charge is 0.319 e. The Morgan fingerprint density at radius 3 is 2.88 bits per heavy atom. The molecule has 0 aromatic carbocycles. The van der Waals surface area contributed by atoms with Gasteiger partial charge in [0.2, 0.25) is 5.95 Å². The highest BCUT2D eigenvalue weighted by molar-refractivity contribution is 7.99. The van der Waals surface area contributed by atoms with E-state index < -0.39 is 4.92 Å². The highest BCUT2D eigenvalue weighted by Gasteiger charge is 2.16. The maximum Gasteiger partial charge on any atom is 0.319 e. The Morgan fingerprint density at radius 1 is 1.56 bits per heavy atom. The molecular formula is C9H14N4O2S. The summed E-state index contributed by atoms with van der Waals surface area (Å²) in [7, 11) is 0. The van der Waals surface area contributed by atoms with Gasteiger partial charge in [-0.3, -0.25) is 10.1 Å². The Labute approximate surface area is 98.0 Å². The molecule has 16 heavy (non-hydrogen) atoms. The van der Waals surface area contributed by atoms with Crippen LogP contribution in [0, 0.1) is 10.1 Å². The van der Waals surface area contributed by atoms with Gasteiger partial charge in [-0.05, 0) is 12.2 Å². The third kappa shape index (κ3) is 3.34. The number of hydrogen-bond donors (Lipinski definition) is 1. The number of aromatic nitrogens is 2. The lowest BCUT2D eigenvalue weighted by atomic mass is 10.5. The van der Waals surface area contributed by atoms with E-state index in [1.54, 1.807) is 0 Å². The number of rotatable bonds is 6. The summed E-state index contributed by atoms with van der Waals surface area (Å²) in [6, 6.07) is 0. The minimum absolute atomic E-state index is 0.0334. The Hall–Kier alpha value is -1.37. The van der Waals surface area contributed by atoms with Crippen molar-refractivity contribution in [2.24, 2.45) is 0 Å². The quantitative estimate of drug-likeness (QED) is 0.357. The summed E-state index contributed by atoms with van der Waals surface area (Å²) < 4.78 is 0. The third-order valence-electron chi connectivity index (χ3n) is 1.75. The molecule has 0 atom stereocenters. The van der Waals surface area contributed by atoms with Crippen LogP contribution >= 0.6 is 11.8 Å². The number of nitrogens with one attached hydrogen (secondary N) is 1. The number of nitro groups is 1. The zero-order valence-corrected chi connectivity index (χ0v) is 10.1. The molecule has 0 unspecified atom stereocenters. The Bertz CT molecular complexity index is 373. The van der Waals surface area contributed by atoms with Crippen molar-refractivity contribution in [1.82, 2.24) is 9.97 Å². The summed E-state index contributed by atoms with van der Waals surface area (Å²) >= 11 is 1.35. The molecule has 0 saturated carbocycles. The lowest BCUT2D eigenvalue weighted by molar-refractivity contribution is -0.388. The van der Waals surface area contributed by atoms with Crippen molar-refractivity contribution in [3.8, 4) is 0 Å². The van der Waals surface area contributed by atoms with Crippen molar-refractivity contribution in [3.05, 3.63) is 16.3 Å². The van der Waals surface area contributed by atoms with E-state index in [2.05, 4.69) is 15.3 Å². The molecule has 1 heterocycles. The maximum atomic E-state index is 10.7. The number of anilines is 1. The minimum atomic E-state index is -0.457. The van der Waals surface area contributed by atoms with Gasteiger partial charge in [0.15, 0.2) is 5.03 Å². The predicted octanol–water partition coefficient (Wildman–Crippen LogP) is 2.32. The molecule has 0 aliphatic rings. The first-order valence-corrected chi connectivity index (χ1v) is 6.05. The Kier molecular flexibility index (Phi) is 4.97. The largest absolute Gasteiger partial charge is 0.354 e. The first-order chi connectivity index (χ1) is 7.69. The van der Waals surface area contributed by atoms with Gasteiger partial charge < -0.3 is 5.32 Å². The Balaban J connectivity index is 2.92. The van der Waals surface area contributed by atoms with Gasteiger partial charge in [0.25, 0.3) is 0 Å². The van der Waals surface area contributed by atoms with Gasteiger partial charge in [-0.2, -0.15) is 4.98 Å². The number of hydrogen-bond acceptors (Lipinski definition) is 6. The zero-order chi connectivity index (χ0) is 12.0. The van der Waals surface area contributed by atoms with E-state index in [0.717, 1.165) is 18.7 Å². The fraction of sp³-hybridized carbons (Fsp3) is 0.556. The van der Waals surface area contributed by atoms with Gasteiger partial charge in [-0.25, -0.2) is 4.98 Å². The van der Waals surface area contributed by atoms with E-state index in [-0.39, 0.29) is 5.69 Å². The molecule has 1 N–H and O–H groups in total. The molecule has 1 aromatic heterocycles. The van der Waals surface area contributed by atoms with Crippen LogP contribution in [0.15, 0.2) is 11.2 Å². The molecule has 88 valence electrons. The van der Waals surface area contributed by atoms with E-state index >= 15 is 0 Å². The predicted molar refractivity (Wildman–Crippen MR) is 63.9 cm³/mol. The topological polar surface area (TPSA) is 81.0 Å². The lowest BCUT2D eigenvalue weighted by Crippen LogP contribution is -2.06. The molecule has 0 saturated heterocycles. The van der Waals surface area contributed by atoms with E-state index in [1.165, 1.54) is 18.0 Å². The normalized spacial score (nSPS) is 10.1. The summed E-state index contributed by atoms with van der Waals surface area (Å²) in [4.78, 5) is 18.3. The summed E-state index contributed by atoms with van der Waals surface area (Å²) in [5.41, 5.74) is -0.0334. The molecular weight excluding hydrogens is 228 g/mol. The molecule has 0 radical (unpaired) electrons. The molecule has 0 bridgehead atoms. The molecule has 0 spiro atoms. The van der Waals surface area contributed by atoms with Crippen LogP contribution in [-0.4, -0.2) is 27.2 Å². The molecule has 0 aliphatic carbocycles. The second kappa shape index (κ2) is 6.26. The van der Waals surface area contributed by atoms with Crippen molar-refractivity contribution in [2.75, 3.05) is 17.6 Å². The van der Waals surface area contributed by atoms with Gasteiger partial charge in [0, 0.05) is 6.54 Å². The van der Waals surface area contributed by atoms with Gasteiger partial charge in [0.1, 0.15) is 6.20 Å². The van der Waals surface area contributed by atoms with Crippen molar-refractivity contribution in [2.45, 2.75) is 25.3 Å². The first-order valence-electron chi connectivity index (χ1n) is 5.07. The molecule has 0 aliphatic heterocycles. The van der Waals surface area contributed by atoms with Gasteiger partial charge in [-0.15, -0.1) is 0 Å². The van der Waals surface area contributed by atoms with Crippen LogP contribution in [-0.2, 0) is 0 Å². The number of nitrogens with zero attached hydrogens (tertiary/aromatic N) is 3. The van der Waals surface area contributed by atoms with Gasteiger partial charge in [0.05, 0.1) is 4.92 Å². The van der Waals surface area contributed by atoms with E-state index in [0.29, 0.717) is 11.0 Å². The van der Waals surface area contributed by atoms with E-state index in [1.807, 2.05) is 13.8 Å². The van der Waals surface area contributed by atoms with Crippen LogP contribution in [0.4, 0.5) is 11.6 Å². The standard InChI is InChI=1S/C9H14N4O2S/c1-3-5-10-9-11-6-7(13(14)15)8(12-9)16-4-2/h6H,3-5H2,1-2H3,(H,10,11,12). The van der Waals surface area contributed by atoms with Crippen LogP contribution in [0.5, 0.6) is 0 Å². The third-order valence-corrected chi connectivity index (χ3v) is 2.61. The SMILES string of the molecule is CCCNc1ncc([N+](=O)[O-])c(SCC)n1. The van der Waals surface area contributed by atoms with Crippen molar-refractivity contribution in [3.63, 3.8) is 0 Å². The van der Waals surface area contributed by atoms with E-state index in [9.17, 15) is 10.1 Å². The van der Waals surface area contributed by atoms with Crippen LogP contribution in [0.2, 0.25) is 0 Å². The van der Waals surface area contributed by atoms with Crippen molar-refractivity contribution < 1.29 is 4.92 Å². The molecule has 0 fully saturated rings. The van der Waals surface area contributed by atoms with Crippen LogP contribution in [0.25, 0.3) is 0 Å². The van der Waals surface area contributed by atoms with Gasteiger partial charge in [-0.1, -0.05) is 25.6 Å². The van der Waals surface area contributed by atoms with Crippen molar-refractivity contribution >= 4 is 23.4 Å². The van der Waals surface area contributed by atoms with Gasteiger partial charge >= 0.3 is 5.69 Å². The highest BCUT2D eigenvalue weighted by atomic mass is 32.2. The summed E-state index contributed by atoms with van der Waals surface area (Å²) in [6.07, 6.45) is 2.21. The molecule has 1 aromatic rings. The lowest BCUT2D eigenvalue weighted by Gasteiger charge is -2.04. The summed E-state index contributed by atoms with van der Waals surface area (Å²) in [5, 5.41) is 14.1. The van der Waals surface area contributed by atoms with E-state index in [4.69, 9.17) is 0 Å². The van der Waals surface area contributed by atoms with Crippen molar-refractivity contribution in [1.29, 1.82) is 0 Å². The Morgan fingerprint density at radius 2 is 2.31 bits per heavy atom. The fourth-order valence-corrected chi connectivity index (χ4v) is 1.75. The summed E-state index contributed by atoms with van der Waals surface area (Å²) in [6.45, 7) is 4.71. The first kappa shape index (κ1) is 12.7. The summed E-state index contributed by atoms with van der Waals surface area (Å²) in [5.74, 6) is 1.19. The number of thioether (sulfide) groups is 1. The monoisotopic (exact) mass is 242 g/mol. The maximum absolute atomic E-state index is 10.7. The van der Waals surface area contributed by atoms with Crippen LogP contribution in [0.1, 0.15) is 20.3 Å². The van der Waals surface area contributed by atoms with Crippen LogP contribution in [0.3, 0.4) is 0 Å².